The van der Waals surface area contributed by atoms with Crippen LogP contribution in [0, 0.1) is 12.3 Å². The molecule has 5 heteroatoms. The first kappa shape index (κ1) is 17.1. The zero-order valence-corrected chi connectivity index (χ0v) is 14.8. The standard InChI is InChI=1S/C19H23NO3S/c1-14-8-10-15(11-9-14)17-18(19(17,12-20)13-23-2)24(21,22)16-6-4-3-5-7-16/h3-11,17-18H,12-13,20H2,1-2H3/t17-,18+,19+/m0/s1. The monoisotopic (exact) mass is 345 g/mol. The highest BCUT2D eigenvalue weighted by molar-refractivity contribution is 7.92. The Morgan fingerprint density at radius 3 is 2.25 bits per heavy atom. The Kier molecular flexibility index (Phi) is 4.51. The minimum atomic E-state index is -3.48. The minimum absolute atomic E-state index is 0.145. The van der Waals surface area contributed by atoms with Gasteiger partial charge < -0.3 is 10.5 Å². The molecule has 0 radical (unpaired) electrons. The van der Waals surface area contributed by atoms with E-state index in [2.05, 4.69) is 0 Å². The maximum absolute atomic E-state index is 13.2. The molecule has 2 aromatic carbocycles. The number of hydrogen-bond donors (Lipinski definition) is 1. The first-order valence-electron chi connectivity index (χ1n) is 8.02. The van der Waals surface area contributed by atoms with Crippen LogP contribution in [-0.4, -0.2) is 33.9 Å². The van der Waals surface area contributed by atoms with Gasteiger partial charge in [-0.25, -0.2) is 8.42 Å². The van der Waals surface area contributed by atoms with E-state index in [1.165, 1.54) is 0 Å². The van der Waals surface area contributed by atoms with Gasteiger partial charge in [0.2, 0.25) is 0 Å². The predicted molar refractivity (Wildman–Crippen MR) is 94.7 cm³/mol. The lowest BCUT2D eigenvalue weighted by Crippen LogP contribution is -2.28. The SMILES string of the molecule is COC[C@@]1(CN)[C@H](S(=O)(=O)c2ccccc2)[C@@H]1c1ccc(C)cc1. The zero-order chi connectivity index (χ0) is 17.4. The molecule has 1 aliphatic rings. The average Bonchev–Trinajstić information content (AvgIpc) is 3.26. The van der Waals surface area contributed by atoms with Gasteiger partial charge in [0.25, 0.3) is 0 Å². The molecule has 1 fully saturated rings. The highest BCUT2D eigenvalue weighted by Crippen LogP contribution is 2.63. The Morgan fingerprint density at radius 1 is 1.08 bits per heavy atom. The van der Waals surface area contributed by atoms with Crippen molar-refractivity contribution in [3.63, 3.8) is 0 Å². The molecule has 0 saturated heterocycles. The number of rotatable bonds is 6. The van der Waals surface area contributed by atoms with Gasteiger partial charge in [0.15, 0.2) is 9.84 Å². The highest BCUT2D eigenvalue weighted by Gasteiger charge is 2.70. The Hall–Kier alpha value is -1.69. The van der Waals surface area contributed by atoms with E-state index in [1.54, 1.807) is 31.4 Å². The lowest BCUT2D eigenvalue weighted by Gasteiger charge is -2.15. The van der Waals surface area contributed by atoms with E-state index in [0.29, 0.717) is 11.5 Å². The summed E-state index contributed by atoms with van der Waals surface area (Å²) in [6.07, 6.45) is 0. The summed E-state index contributed by atoms with van der Waals surface area (Å²) in [4.78, 5) is 0.346. The van der Waals surface area contributed by atoms with E-state index in [0.717, 1.165) is 11.1 Å². The predicted octanol–water partition coefficient (Wildman–Crippen LogP) is 2.53. The fourth-order valence-corrected chi connectivity index (χ4v) is 6.19. The van der Waals surface area contributed by atoms with Gasteiger partial charge in [-0.2, -0.15) is 0 Å². The van der Waals surface area contributed by atoms with E-state index >= 15 is 0 Å². The average molecular weight is 345 g/mol. The highest BCUT2D eigenvalue weighted by atomic mass is 32.2. The molecule has 2 N–H and O–H groups in total. The second-order valence-electron chi connectivity index (χ2n) is 6.54. The molecule has 0 unspecified atom stereocenters. The molecule has 0 aliphatic heterocycles. The minimum Gasteiger partial charge on any atom is -0.384 e. The van der Waals surface area contributed by atoms with Gasteiger partial charge in [-0.1, -0.05) is 48.0 Å². The zero-order valence-electron chi connectivity index (χ0n) is 14.0. The molecule has 1 saturated carbocycles. The van der Waals surface area contributed by atoms with Crippen LogP contribution in [-0.2, 0) is 14.6 Å². The molecule has 2 aromatic rings. The number of hydrogen-bond acceptors (Lipinski definition) is 4. The molecule has 24 heavy (non-hydrogen) atoms. The van der Waals surface area contributed by atoms with Crippen molar-refractivity contribution >= 4 is 9.84 Å². The van der Waals surface area contributed by atoms with Crippen LogP contribution in [0.2, 0.25) is 0 Å². The number of ether oxygens (including phenoxy) is 1. The Bertz CT molecular complexity index is 802. The van der Waals surface area contributed by atoms with Crippen molar-refractivity contribution in [3.05, 3.63) is 65.7 Å². The van der Waals surface area contributed by atoms with Crippen molar-refractivity contribution in [3.8, 4) is 0 Å². The van der Waals surface area contributed by atoms with E-state index in [4.69, 9.17) is 10.5 Å². The molecular weight excluding hydrogens is 322 g/mol. The summed E-state index contributed by atoms with van der Waals surface area (Å²) < 4.78 is 31.7. The molecule has 0 spiro atoms. The van der Waals surface area contributed by atoms with Crippen molar-refractivity contribution in [1.82, 2.24) is 0 Å². The molecule has 128 valence electrons. The largest absolute Gasteiger partial charge is 0.384 e. The fourth-order valence-electron chi connectivity index (χ4n) is 3.72. The van der Waals surface area contributed by atoms with Crippen LogP contribution in [0.15, 0.2) is 59.5 Å². The van der Waals surface area contributed by atoms with Crippen LogP contribution >= 0.6 is 0 Å². The number of nitrogens with two attached hydrogens (primary N) is 1. The van der Waals surface area contributed by atoms with Crippen molar-refractivity contribution in [2.45, 2.75) is 23.0 Å². The van der Waals surface area contributed by atoms with Crippen molar-refractivity contribution in [2.75, 3.05) is 20.3 Å². The fraction of sp³-hybridized carbons (Fsp3) is 0.368. The van der Waals surface area contributed by atoms with Gasteiger partial charge in [0, 0.05) is 25.0 Å². The van der Waals surface area contributed by atoms with Crippen LogP contribution in [0.25, 0.3) is 0 Å². The lowest BCUT2D eigenvalue weighted by atomic mass is 9.99. The lowest BCUT2D eigenvalue weighted by molar-refractivity contribution is 0.142. The summed E-state index contributed by atoms with van der Waals surface area (Å²) in [5.41, 5.74) is 7.61. The molecule has 1 aliphatic carbocycles. The molecule has 3 rings (SSSR count). The Balaban J connectivity index is 2.05. The van der Waals surface area contributed by atoms with Gasteiger partial charge in [0.05, 0.1) is 16.8 Å². The van der Waals surface area contributed by atoms with Crippen LogP contribution in [0.5, 0.6) is 0 Å². The van der Waals surface area contributed by atoms with E-state index in [9.17, 15) is 8.42 Å². The number of methoxy groups -OCH3 is 1. The van der Waals surface area contributed by atoms with Crippen LogP contribution in [0.4, 0.5) is 0 Å². The van der Waals surface area contributed by atoms with Crippen molar-refractivity contribution < 1.29 is 13.2 Å². The number of benzene rings is 2. The summed E-state index contributed by atoms with van der Waals surface area (Å²) in [7, 11) is -1.88. The third-order valence-electron chi connectivity index (χ3n) is 5.02. The number of sulfone groups is 1. The molecule has 3 atom stereocenters. The third kappa shape index (κ3) is 2.66. The Labute approximate surface area is 143 Å². The van der Waals surface area contributed by atoms with Gasteiger partial charge in [-0.05, 0) is 24.6 Å². The molecule has 0 amide bonds. The quantitative estimate of drug-likeness (QED) is 0.873. The first-order chi connectivity index (χ1) is 11.5. The summed E-state index contributed by atoms with van der Waals surface area (Å²) in [5, 5.41) is -0.556. The summed E-state index contributed by atoms with van der Waals surface area (Å²) in [6.45, 7) is 2.62. The van der Waals surface area contributed by atoms with Gasteiger partial charge in [-0.3, -0.25) is 0 Å². The molecule has 4 nitrogen and oxygen atoms in total. The second-order valence-corrected chi connectivity index (χ2v) is 8.61. The topological polar surface area (TPSA) is 69.4 Å². The van der Waals surface area contributed by atoms with Gasteiger partial charge in [-0.15, -0.1) is 0 Å². The van der Waals surface area contributed by atoms with Crippen LogP contribution in [0.3, 0.4) is 0 Å². The van der Waals surface area contributed by atoms with Gasteiger partial charge in [0.1, 0.15) is 0 Å². The van der Waals surface area contributed by atoms with Crippen molar-refractivity contribution in [1.29, 1.82) is 0 Å². The summed E-state index contributed by atoms with van der Waals surface area (Å²) >= 11 is 0. The normalized spacial score (nSPS) is 26.3. The molecule has 0 aromatic heterocycles. The summed E-state index contributed by atoms with van der Waals surface area (Å²) in [6, 6.07) is 16.6. The second kappa shape index (κ2) is 6.31. The third-order valence-corrected chi connectivity index (χ3v) is 7.35. The first-order valence-corrected chi connectivity index (χ1v) is 9.56. The molecular formula is C19H23NO3S. The molecule has 0 heterocycles. The van der Waals surface area contributed by atoms with E-state index in [-0.39, 0.29) is 12.5 Å². The summed E-state index contributed by atoms with van der Waals surface area (Å²) in [5.74, 6) is -0.145. The van der Waals surface area contributed by atoms with Crippen LogP contribution < -0.4 is 5.73 Å². The maximum atomic E-state index is 13.2. The maximum Gasteiger partial charge on any atom is 0.182 e. The van der Waals surface area contributed by atoms with Crippen molar-refractivity contribution in [2.24, 2.45) is 11.1 Å². The Morgan fingerprint density at radius 2 is 1.71 bits per heavy atom. The van der Waals surface area contributed by atoms with E-state index < -0.39 is 20.5 Å². The molecule has 0 bridgehead atoms. The smallest absolute Gasteiger partial charge is 0.182 e. The van der Waals surface area contributed by atoms with Gasteiger partial charge >= 0.3 is 0 Å². The number of aryl methyl sites for hydroxylation is 1. The van der Waals surface area contributed by atoms with Crippen LogP contribution in [0.1, 0.15) is 17.0 Å². The van der Waals surface area contributed by atoms with E-state index in [1.807, 2.05) is 37.3 Å².